The summed E-state index contributed by atoms with van der Waals surface area (Å²) in [6, 6.07) is 11.5. The van der Waals surface area contributed by atoms with Crippen LogP contribution in [-0.2, 0) is 0 Å². The van der Waals surface area contributed by atoms with Crippen molar-refractivity contribution in [2.45, 2.75) is 0 Å². The fraction of sp³-hybridized carbons (Fsp3) is 0. The summed E-state index contributed by atoms with van der Waals surface area (Å²) in [6.45, 7) is 0. The van der Waals surface area contributed by atoms with Gasteiger partial charge in [-0.3, -0.25) is 0 Å². The van der Waals surface area contributed by atoms with Crippen molar-refractivity contribution < 1.29 is 4.39 Å². The number of rotatable bonds is 1. The Morgan fingerprint density at radius 1 is 1.07 bits per heavy atom. The molecule has 0 spiro atoms. The molecule has 0 fully saturated rings. The lowest BCUT2D eigenvalue weighted by Gasteiger charge is -2.06. The molecule has 0 heterocycles. The summed E-state index contributed by atoms with van der Waals surface area (Å²) in [5, 5.41) is 0.608. The predicted molar refractivity (Wildman–Crippen MR) is 61.3 cm³/mol. The third-order valence-corrected chi connectivity index (χ3v) is 2.39. The molecule has 0 radical (unpaired) electrons. The molecule has 0 unspecified atom stereocenters. The summed E-state index contributed by atoms with van der Waals surface area (Å²) in [5.74, 6) is -0.306. The van der Waals surface area contributed by atoms with Crippen LogP contribution >= 0.6 is 11.6 Å². The van der Waals surface area contributed by atoms with E-state index in [-0.39, 0.29) is 5.82 Å². The maximum absolute atomic E-state index is 13.0. The van der Waals surface area contributed by atoms with E-state index in [2.05, 4.69) is 0 Å². The number of benzene rings is 2. The van der Waals surface area contributed by atoms with Gasteiger partial charge in [-0.1, -0.05) is 23.7 Å². The summed E-state index contributed by atoms with van der Waals surface area (Å²) in [5.41, 5.74) is 7.79. The zero-order valence-electron chi connectivity index (χ0n) is 7.87. The Morgan fingerprint density at radius 3 is 2.60 bits per heavy atom. The van der Waals surface area contributed by atoms with Gasteiger partial charge in [0.2, 0.25) is 0 Å². The van der Waals surface area contributed by atoms with Gasteiger partial charge in [0.05, 0.1) is 0 Å². The number of nitrogen functional groups attached to an aromatic ring is 1. The van der Waals surface area contributed by atoms with Gasteiger partial charge in [0.1, 0.15) is 5.82 Å². The average molecular weight is 222 g/mol. The van der Waals surface area contributed by atoms with Gasteiger partial charge in [0.25, 0.3) is 0 Å². The summed E-state index contributed by atoms with van der Waals surface area (Å²) in [7, 11) is 0. The monoisotopic (exact) mass is 221 g/mol. The maximum atomic E-state index is 13.0. The molecule has 2 N–H and O–H groups in total. The van der Waals surface area contributed by atoms with E-state index in [1.807, 2.05) is 12.1 Å². The Morgan fingerprint density at radius 2 is 1.87 bits per heavy atom. The van der Waals surface area contributed by atoms with Crippen LogP contribution < -0.4 is 5.73 Å². The van der Waals surface area contributed by atoms with Crippen molar-refractivity contribution in [3.05, 3.63) is 53.3 Å². The largest absolute Gasteiger partial charge is 0.398 e. The topological polar surface area (TPSA) is 26.0 Å². The standard InChI is InChI=1S/C12H9ClFN/c13-9-3-1-2-8(6-9)11-7-10(14)4-5-12(11)15/h1-7H,15H2. The molecule has 2 aromatic rings. The van der Waals surface area contributed by atoms with Crippen molar-refractivity contribution in [1.82, 2.24) is 0 Å². The van der Waals surface area contributed by atoms with Crippen molar-refractivity contribution in [3.63, 3.8) is 0 Å². The first-order chi connectivity index (χ1) is 7.16. The smallest absolute Gasteiger partial charge is 0.123 e. The van der Waals surface area contributed by atoms with Gasteiger partial charge in [0.15, 0.2) is 0 Å². The Kier molecular flexibility index (Phi) is 2.60. The van der Waals surface area contributed by atoms with E-state index in [0.717, 1.165) is 5.56 Å². The molecule has 0 bridgehead atoms. The van der Waals surface area contributed by atoms with Crippen molar-refractivity contribution >= 4 is 17.3 Å². The predicted octanol–water partition coefficient (Wildman–Crippen LogP) is 3.73. The molecule has 15 heavy (non-hydrogen) atoms. The van der Waals surface area contributed by atoms with E-state index >= 15 is 0 Å². The second-order valence-electron chi connectivity index (χ2n) is 3.24. The van der Waals surface area contributed by atoms with Gasteiger partial charge in [-0.15, -0.1) is 0 Å². The Bertz CT molecular complexity index is 497. The van der Waals surface area contributed by atoms with Crippen molar-refractivity contribution in [1.29, 1.82) is 0 Å². The third-order valence-electron chi connectivity index (χ3n) is 2.15. The molecule has 0 amide bonds. The molecule has 76 valence electrons. The summed E-state index contributed by atoms with van der Waals surface area (Å²) in [6.07, 6.45) is 0. The number of hydrogen-bond acceptors (Lipinski definition) is 1. The van der Waals surface area contributed by atoms with Crippen LogP contribution in [0.5, 0.6) is 0 Å². The van der Waals surface area contributed by atoms with Crippen LogP contribution in [0.4, 0.5) is 10.1 Å². The molecule has 0 atom stereocenters. The Hall–Kier alpha value is -1.54. The highest BCUT2D eigenvalue weighted by Gasteiger charge is 2.04. The van der Waals surface area contributed by atoms with E-state index in [1.54, 1.807) is 18.2 Å². The van der Waals surface area contributed by atoms with Gasteiger partial charge in [-0.05, 0) is 35.9 Å². The van der Waals surface area contributed by atoms with E-state index in [1.165, 1.54) is 12.1 Å². The first-order valence-corrected chi connectivity index (χ1v) is 4.85. The summed E-state index contributed by atoms with van der Waals surface area (Å²) >= 11 is 5.85. The average Bonchev–Trinajstić information content (AvgIpc) is 2.22. The van der Waals surface area contributed by atoms with Crippen LogP contribution in [0.3, 0.4) is 0 Å². The van der Waals surface area contributed by atoms with Crippen LogP contribution in [-0.4, -0.2) is 0 Å². The molecule has 0 aliphatic heterocycles. The number of halogens is 2. The molecule has 0 aromatic heterocycles. The highest BCUT2D eigenvalue weighted by atomic mass is 35.5. The van der Waals surface area contributed by atoms with Gasteiger partial charge < -0.3 is 5.73 Å². The Balaban J connectivity index is 2.58. The fourth-order valence-electron chi connectivity index (χ4n) is 1.43. The zero-order chi connectivity index (χ0) is 10.8. The van der Waals surface area contributed by atoms with Gasteiger partial charge in [-0.2, -0.15) is 0 Å². The summed E-state index contributed by atoms with van der Waals surface area (Å²) in [4.78, 5) is 0. The highest BCUT2D eigenvalue weighted by molar-refractivity contribution is 6.30. The normalized spacial score (nSPS) is 10.3. The molecule has 2 aromatic carbocycles. The molecule has 0 saturated carbocycles. The minimum absolute atomic E-state index is 0.306. The molecule has 0 aliphatic carbocycles. The summed E-state index contributed by atoms with van der Waals surface area (Å²) < 4.78 is 13.0. The van der Waals surface area contributed by atoms with Gasteiger partial charge in [0, 0.05) is 16.3 Å². The minimum atomic E-state index is -0.306. The minimum Gasteiger partial charge on any atom is -0.398 e. The van der Waals surface area contributed by atoms with E-state index < -0.39 is 0 Å². The quantitative estimate of drug-likeness (QED) is 0.730. The van der Waals surface area contributed by atoms with Crippen molar-refractivity contribution in [2.24, 2.45) is 0 Å². The molecule has 0 saturated heterocycles. The van der Waals surface area contributed by atoms with Crippen LogP contribution in [0, 0.1) is 5.82 Å². The van der Waals surface area contributed by atoms with E-state index in [0.29, 0.717) is 16.3 Å². The Labute approximate surface area is 92.3 Å². The number of anilines is 1. The second kappa shape index (κ2) is 3.91. The fourth-order valence-corrected chi connectivity index (χ4v) is 1.62. The van der Waals surface area contributed by atoms with Gasteiger partial charge in [-0.25, -0.2) is 4.39 Å². The van der Waals surface area contributed by atoms with E-state index in [9.17, 15) is 4.39 Å². The molecular weight excluding hydrogens is 213 g/mol. The van der Waals surface area contributed by atoms with Crippen LogP contribution in [0.15, 0.2) is 42.5 Å². The SMILES string of the molecule is Nc1ccc(F)cc1-c1cccc(Cl)c1. The maximum Gasteiger partial charge on any atom is 0.123 e. The first-order valence-electron chi connectivity index (χ1n) is 4.48. The molecule has 1 nitrogen and oxygen atoms in total. The second-order valence-corrected chi connectivity index (χ2v) is 3.68. The molecule has 0 aliphatic rings. The zero-order valence-corrected chi connectivity index (χ0v) is 8.63. The van der Waals surface area contributed by atoms with Crippen molar-refractivity contribution in [2.75, 3.05) is 5.73 Å². The number of hydrogen-bond donors (Lipinski definition) is 1. The molecule has 3 heteroatoms. The van der Waals surface area contributed by atoms with Gasteiger partial charge >= 0.3 is 0 Å². The highest BCUT2D eigenvalue weighted by Crippen LogP contribution is 2.28. The molecular formula is C12H9ClFN. The van der Waals surface area contributed by atoms with Crippen LogP contribution in [0.25, 0.3) is 11.1 Å². The van der Waals surface area contributed by atoms with E-state index in [4.69, 9.17) is 17.3 Å². The van der Waals surface area contributed by atoms with Crippen LogP contribution in [0.2, 0.25) is 5.02 Å². The van der Waals surface area contributed by atoms with Crippen LogP contribution in [0.1, 0.15) is 0 Å². The lowest BCUT2D eigenvalue weighted by molar-refractivity contribution is 0.628. The lowest BCUT2D eigenvalue weighted by atomic mass is 10.0. The third kappa shape index (κ3) is 2.10. The van der Waals surface area contributed by atoms with Crippen molar-refractivity contribution in [3.8, 4) is 11.1 Å². The molecule has 2 rings (SSSR count). The lowest BCUT2D eigenvalue weighted by Crippen LogP contribution is -1.90. The number of nitrogens with two attached hydrogens (primary N) is 1. The first kappa shape index (κ1) is 9.99.